The topological polar surface area (TPSA) is 52.7 Å². The van der Waals surface area contributed by atoms with Gasteiger partial charge in [0.05, 0.1) is 11.5 Å². The molecule has 5 rings (SSSR count). The number of urea groups is 1. The average molecular weight is 444 g/mol. The van der Waals surface area contributed by atoms with Crippen LogP contribution in [-0.2, 0) is 4.79 Å². The van der Waals surface area contributed by atoms with Gasteiger partial charge in [-0.1, -0.05) is 41.4 Å². The minimum absolute atomic E-state index is 0.0768. The molecule has 3 amide bonds. The molecule has 1 atom stereocenters. The number of halogens is 2. The fraction of sp³-hybridized carbons (Fsp3) is 0.391. The first-order chi connectivity index (χ1) is 14.5. The van der Waals surface area contributed by atoms with Gasteiger partial charge in [-0.05, 0) is 61.6 Å². The van der Waals surface area contributed by atoms with E-state index in [1.807, 2.05) is 30.3 Å². The van der Waals surface area contributed by atoms with E-state index in [-0.39, 0.29) is 18.0 Å². The van der Waals surface area contributed by atoms with Crippen LogP contribution in [0.2, 0.25) is 10.0 Å². The number of benzene rings is 2. The quantitative estimate of drug-likeness (QED) is 0.649. The van der Waals surface area contributed by atoms with Crippen LogP contribution in [0.1, 0.15) is 37.3 Å². The van der Waals surface area contributed by atoms with Crippen LogP contribution in [0.3, 0.4) is 0 Å². The number of hydrogen-bond acceptors (Lipinski definition) is 2. The van der Waals surface area contributed by atoms with E-state index in [1.54, 1.807) is 23.1 Å². The van der Waals surface area contributed by atoms with Crippen LogP contribution in [0.5, 0.6) is 0 Å². The summed E-state index contributed by atoms with van der Waals surface area (Å²) in [5.74, 6) is 0.250. The van der Waals surface area contributed by atoms with Crippen molar-refractivity contribution in [1.29, 1.82) is 0 Å². The zero-order valence-corrected chi connectivity index (χ0v) is 18.0. The smallest absolute Gasteiger partial charge is 0.321 e. The van der Waals surface area contributed by atoms with E-state index in [2.05, 4.69) is 10.2 Å². The third kappa shape index (κ3) is 3.34. The van der Waals surface area contributed by atoms with Gasteiger partial charge in [0.1, 0.15) is 0 Å². The van der Waals surface area contributed by atoms with Crippen LogP contribution in [0.4, 0.5) is 10.5 Å². The van der Waals surface area contributed by atoms with Crippen LogP contribution in [0, 0.1) is 5.41 Å². The Hall–Kier alpha value is -2.24. The summed E-state index contributed by atoms with van der Waals surface area (Å²) in [6.45, 7) is 1.11. The molecule has 2 aromatic carbocycles. The molecular formula is C23H23Cl2N3O2. The predicted octanol–water partition coefficient (Wildman–Crippen LogP) is 5.35. The average Bonchev–Trinajstić information content (AvgIpc) is 3.57. The molecule has 0 radical (unpaired) electrons. The minimum Gasteiger partial charge on any atom is -0.331 e. The summed E-state index contributed by atoms with van der Waals surface area (Å²) < 4.78 is 0. The summed E-state index contributed by atoms with van der Waals surface area (Å²) in [5, 5.41) is 4.18. The first-order valence-electron chi connectivity index (χ1n) is 10.4. The number of amides is 3. The zero-order valence-electron chi connectivity index (χ0n) is 16.5. The van der Waals surface area contributed by atoms with Gasteiger partial charge in [-0.2, -0.15) is 0 Å². The number of carbonyl (C=O) groups excluding carboxylic acids is 2. The SMILES string of the molecule is O=C(Nc1cccc(Cl)c1)N1CCC2(CC1)C(=O)N(C1CC1)C2c1ccc(Cl)cc1. The van der Waals surface area contributed by atoms with E-state index in [0.29, 0.717) is 47.7 Å². The maximum Gasteiger partial charge on any atom is 0.321 e. The standard InChI is InChI=1S/C23H23Cl2N3O2/c24-16-6-4-15(5-7-16)20-23(21(29)28(20)19-8-9-19)10-12-27(13-11-23)22(30)26-18-3-1-2-17(25)14-18/h1-7,14,19-20H,8-13H2,(H,26,30). The van der Waals surface area contributed by atoms with Crippen molar-refractivity contribution in [1.82, 2.24) is 9.80 Å². The molecule has 2 aliphatic heterocycles. The maximum atomic E-state index is 13.2. The Morgan fingerprint density at radius 1 is 1.00 bits per heavy atom. The lowest BCUT2D eigenvalue weighted by Crippen LogP contribution is -2.67. The van der Waals surface area contributed by atoms with E-state index >= 15 is 0 Å². The van der Waals surface area contributed by atoms with Gasteiger partial charge in [0.15, 0.2) is 0 Å². The van der Waals surface area contributed by atoms with Crippen molar-refractivity contribution in [3.8, 4) is 0 Å². The molecule has 2 aromatic rings. The molecule has 3 aliphatic rings. The molecule has 156 valence electrons. The van der Waals surface area contributed by atoms with Crippen LogP contribution >= 0.6 is 23.2 Å². The summed E-state index contributed by atoms with van der Waals surface area (Å²) in [7, 11) is 0. The monoisotopic (exact) mass is 443 g/mol. The highest BCUT2D eigenvalue weighted by atomic mass is 35.5. The highest BCUT2D eigenvalue weighted by Gasteiger charge is 2.64. The van der Waals surface area contributed by atoms with Crippen molar-refractivity contribution in [2.24, 2.45) is 5.41 Å². The fourth-order valence-electron chi connectivity index (χ4n) is 4.91. The summed E-state index contributed by atoms with van der Waals surface area (Å²) in [4.78, 5) is 29.8. The molecule has 0 bridgehead atoms. The molecule has 1 spiro atoms. The third-order valence-corrected chi connectivity index (χ3v) is 7.09. The van der Waals surface area contributed by atoms with Gasteiger partial charge in [-0.3, -0.25) is 4.79 Å². The lowest BCUT2D eigenvalue weighted by atomic mass is 9.62. The van der Waals surface area contributed by atoms with Gasteiger partial charge in [0.2, 0.25) is 5.91 Å². The number of piperidine rings is 1. The highest BCUT2D eigenvalue weighted by Crippen LogP contribution is 2.59. The van der Waals surface area contributed by atoms with Crippen molar-refractivity contribution >= 4 is 40.8 Å². The highest BCUT2D eigenvalue weighted by molar-refractivity contribution is 6.31. The number of nitrogens with one attached hydrogen (secondary N) is 1. The molecule has 3 fully saturated rings. The Balaban J connectivity index is 1.31. The second kappa shape index (κ2) is 7.47. The van der Waals surface area contributed by atoms with Crippen LogP contribution in [0.25, 0.3) is 0 Å². The number of nitrogens with zero attached hydrogens (tertiary/aromatic N) is 2. The Labute approximate surface area is 185 Å². The van der Waals surface area contributed by atoms with Gasteiger partial charge in [-0.25, -0.2) is 4.79 Å². The molecule has 2 saturated heterocycles. The maximum absolute atomic E-state index is 13.2. The van der Waals surface area contributed by atoms with E-state index in [0.717, 1.165) is 18.4 Å². The van der Waals surface area contributed by atoms with Crippen molar-refractivity contribution in [2.45, 2.75) is 37.8 Å². The molecule has 0 aromatic heterocycles. The largest absolute Gasteiger partial charge is 0.331 e. The molecule has 2 heterocycles. The Kier molecular flexibility index (Phi) is 4.91. The number of β-lactam (4-membered cyclic amide) rings is 1. The lowest BCUT2D eigenvalue weighted by molar-refractivity contribution is -0.181. The van der Waals surface area contributed by atoms with Gasteiger partial charge < -0.3 is 15.1 Å². The van der Waals surface area contributed by atoms with Gasteiger partial charge >= 0.3 is 6.03 Å². The van der Waals surface area contributed by atoms with E-state index in [4.69, 9.17) is 23.2 Å². The Morgan fingerprint density at radius 3 is 2.33 bits per heavy atom. The Morgan fingerprint density at radius 2 is 1.70 bits per heavy atom. The summed E-state index contributed by atoms with van der Waals surface area (Å²) in [5.41, 5.74) is 1.40. The third-order valence-electron chi connectivity index (χ3n) is 6.61. The minimum atomic E-state index is -0.413. The summed E-state index contributed by atoms with van der Waals surface area (Å²) in [6.07, 6.45) is 3.51. The molecule has 5 nitrogen and oxygen atoms in total. The number of rotatable bonds is 3. The first-order valence-corrected chi connectivity index (χ1v) is 11.1. The molecule has 30 heavy (non-hydrogen) atoms. The summed E-state index contributed by atoms with van der Waals surface area (Å²) in [6, 6.07) is 15.3. The number of likely N-dealkylation sites (tertiary alicyclic amines) is 2. The van der Waals surface area contributed by atoms with E-state index < -0.39 is 5.41 Å². The van der Waals surface area contributed by atoms with Crippen LogP contribution in [0.15, 0.2) is 48.5 Å². The molecule has 1 saturated carbocycles. The Bertz CT molecular complexity index is 982. The predicted molar refractivity (Wildman–Crippen MR) is 118 cm³/mol. The van der Waals surface area contributed by atoms with E-state index in [1.165, 1.54) is 0 Å². The number of anilines is 1. The van der Waals surface area contributed by atoms with Gasteiger partial charge in [0.25, 0.3) is 0 Å². The van der Waals surface area contributed by atoms with Crippen LogP contribution < -0.4 is 5.32 Å². The van der Waals surface area contributed by atoms with Gasteiger partial charge in [-0.15, -0.1) is 0 Å². The lowest BCUT2D eigenvalue weighted by Gasteiger charge is -2.59. The molecule has 1 N–H and O–H groups in total. The second-order valence-corrected chi connectivity index (χ2v) is 9.35. The second-order valence-electron chi connectivity index (χ2n) is 8.48. The van der Waals surface area contributed by atoms with Gasteiger partial charge in [0, 0.05) is 34.9 Å². The van der Waals surface area contributed by atoms with Crippen LogP contribution in [-0.4, -0.2) is 40.9 Å². The van der Waals surface area contributed by atoms with Crippen molar-refractivity contribution in [3.63, 3.8) is 0 Å². The molecule has 1 aliphatic carbocycles. The van der Waals surface area contributed by atoms with Crippen molar-refractivity contribution in [2.75, 3.05) is 18.4 Å². The van der Waals surface area contributed by atoms with Crippen molar-refractivity contribution < 1.29 is 9.59 Å². The van der Waals surface area contributed by atoms with E-state index in [9.17, 15) is 9.59 Å². The molecule has 1 unspecified atom stereocenters. The molecule has 7 heteroatoms. The normalized spacial score (nSPS) is 22.7. The number of hydrogen-bond donors (Lipinski definition) is 1. The number of carbonyl (C=O) groups is 2. The molecular weight excluding hydrogens is 421 g/mol. The van der Waals surface area contributed by atoms with Crippen molar-refractivity contribution in [3.05, 3.63) is 64.1 Å². The summed E-state index contributed by atoms with van der Waals surface area (Å²) >= 11 is 12.1. The first kappa shape index (κ1) is 19.7. The fourth-order valence-corrected chi connectivity index (χ4v) is 5.23. The zero-order chi connectivity index (χ0) is 20.9.